The van der Waals surface area contributed by atoms with Crippen molar-refractivity contribution in [3.05, 3.63) is 36.4 Å². The Morgan fingerprint density at radius 1 is 1.35 bits per heavy atom. The van der Waals surface area contributed by atoms with E-state index in [2.05, 4.69) is 6.58 Å². The van der Waals surface area contributed by atoms with Crippen molar-refractivity contribution in [1.29, 1.82) is 0 Å². The molecule has 4 heteroatoms. The molecule has 0 bridgehead atoms. The second kappa shape index (κ2) is 7.01. The number of ether oxygens (including phenoxy) is 2. The van der Waals surface area contributed by atoms with E-state index in [0.29, 0.717) is 17.9 Å². The SMILES string of the molecule is C=C(COc1ccc(SC)cc1)C(=O)OCC. The van der Waals surface area contributed by atoms with Gasteiger partial charge in [-0.1, -0.05) is 6.58 Å². The lowest BCUT2D eigenvalue weighted by Gasteiger charge is -2.08. The van der Waals surface area contributed by atoms with E-state index in [1.807, 2.05) is 30.5 Å². The topological polar surface area (TPSA) is 35.5 Å². The molecule has 0 aliphatic heterocycles. The van der Waals surface area contributed by atoms with Crippen LogP contribution in [0.15, 0.2) is 41.3 Å². The van der Waals surface area contributed by atoms with Crippen LogP contribution in [0.1, 0.15) is 6.92 Å². The van der Waals surface area contributed by atoms with Gasteiger partial charge in [0.05, 0.1) is 12.2 Å². The Morgan fingerprint density at radius 3 is 2.53 bits per heavy atom. The van der Waals surface area contributed by atoms with Gasteiger partial charge in [-0.15, -0.1) is 11.8 Å². The van der Waals surface area contributed by atoms with E-state index in [-0.39, 0.29) is 6.61 Å². The van der Waals surface area contributed by atoms with Gasteiger partial charge in [0.2, 0.25) is 0 Å². The summed E-state index contributed by atoms with van der Waals surface area (Å²) in [5.74, 6) is 0.307. The molecule has 0 amide bonds. The molecule has 0 N–H and O–H groups in total. The molecule has 92 valence electrons. The van der Waals surface area contributed by atoms with Crippen molar-refractivity contribution in [1.82, 2.24) is 0 Å². The average molecular weight is 252 g/mol. The number of benzene rings is 1. The number of hydrogen-bond donors (Lipinski definition) is 0. The minimum atomic E-state index is -0.409. The van der Waals surface area contributed by atoms with Gasteiger partial charge in [0.25, 0.3) is 0 Å². The normalized spacial score (nSPS) is 9.76. The number of esters is 1. The second-order valence-electron chi connectivity index (χ2n) is 3.29. The Morgan fingerprint density at radius 2 is 2.00 bits per heavy atom. The Bertz CT molecular complexity index is 384. The fraction of sp³-hybridized carbons (Fsp3) is 0.308. The molecule has 0 fully saturated rings. The van der Waals surface area contributed by atoms with E-state index < -0.39 is 5.97 Å². The van der Waals surface area contributed by atoms with Gasteiger partial charge in [-0.25, -0.2) is 4.79 Å². The van der Waals surface area contributed by atoms with Gasteiger partial charge in [0.15, 0.2) is 0 Å². The van der Waals surface area contributed by atoms with Crippen LogP contribution < -0.4 is 4.74 Å². The Balaban J connectivity index is 2.44. The maximum Gasteiger partial charge on any atom is 0.336 e. The molecule has 0 aliphatic carbocycles. The lowest BCUT2D eigenvalue weighted by Crippen LogP contribution is -2.13. The molecule has 0 unspecified atom stereocenters. The smallest absolute Gasteiger partial charge is 0.336 e. The first-order chi connectivity index (χ1) is 8.17. The van der Waals surface area contributed by atoms with Crippen LogP contribution in [0.5, 0.6) is 5.75 Å². The molecule has 0 saturated heterocycles. The van der Waals surface area contributed by atoms with E-state index in [4.69, 9.17) is 9.47 Å². The minimum Gasteiger partial charge on any atom is -0.489 e. The minimum absolute atomic E-state index is 0.150. The van der Waals surface area contributed by atoms with Crippen LogP contribution >= 0.6 is 11.8 Å². The molecule has 17 heavy (non-hydrogen) atoms. The lowest BCUT2D eigenvalue weighted by molar-refractivity contribution is -0.138. The third-order valence-electron chi connectivity index (χ3n) is 2.04. The molecule has 1 rings (SSSR count). The van der Waals surface area contributed by atoms with Gasteiger partial charge in [0, 0.05) is 4.90 Å². The number of carbonyl (C=O) groups excluding carboxylic acids is 1. The summed E-state index contributed by atoms with van der Waals surface area (Å²) in [4.78, 5) is 12.4. The van der Waals surface area contributed by atoms with Gasteiger partial charge in [-0.2, -0.15) is 0 Å². The summed E-state index contributed by atoms with van der Waals surface area (Å²) in [7, 11) is 0. The van der Waals surface area contributed by atoms with Crippen molar-refractivity contribution in [3.8, 4) is 5.75 Å². The highest BCUT2D eigenvalue weighted by Crippen LogP contribution is 2.19. The summed E-state index contributed by atoms with van der Waals surface area (Å²) < 4.78 is 10.2. The Labute approximate surface area is 106 Å². The Hall–Kier alpha value is -1.42. The summed E-state index contributed by atoms with van der Waals surface area (Å²) in [6, 6.07) is 7.66. The van der Waals surface area contributed by atoms with Gasteiger partial charge >= 0.3 is 5.97 Å². The fourth-order valence-corrected chi connectivity index (χ4v) is 1.54. The molecule has 0 spiro atoms. The third kappa shape index (κ3) is 4.53. The third-order valence-corrected chi connectivity index (χ3v) is 2.78. The van der Waals surface area contributed by atoms with Crippen LogP contribution in [-0.2, 0) is 9.53 Å². The first kappa shape index (κ1) is 13.6. The summed E-state index contributed by atoms with van der Waals surface area (Å²) in [6.45, 7) is 5.87. The quantitative estimate of drug-likeness (QED) is 0.443. The van der Waals surface area contributed by atoms with Crippen molar-refractivity contribution < 1.29 is 14.3 Å². The van der Waals surface area contributed by atoms with Gasteiger partial charge in [-0.05, 0) is 37.4 Å². The second-order valence-corrected chi connectivity index (χ2v) is 4.17. The monoisotopic (exact) mass is 252 g/mol. The van der Waals surface area contributed by atoms with Crippen molar-refractivity contribution in [2.24, 2.45) is 0 Å². The van der Waals surface area contributed by atoms with Gasteiger partial charge in [-0.3, -0.25) is 0 Å². The van der Waals surface area contributed by atoms with Crippen molar-refractivity contribution in [2.45, 2.75) is 11.8 Å². The molecule has 0 aliphatic rings. The summed E-state index contributed by atoms with van der Waals surface area (Å²) >= 11 is 1.67. The number of thioether (sulfide) groups is 1. The zero-order valence-corrected chi connectivity index (χ0v) is 10.9. The molecular weight excluding hydrogens is 236 g/mol. The molecule has 1 aromatic carbocycles. The van der Waals surface area contributed by atoms with Crippen LogP contribution in [0.4, 0.5) is 0 Å². The number of hydrogen-bond acceptors (Lipinski definition) is 4. The summed E-state index contributed by atoms with van der Waals surface area (Å²) in [6.07, 6.45) is 2.01. The van der Waals surface area contributed by atoms with Crippen LogP contribution in [0.3, 0.4) is 0 Å². The van der Waals surface area contributed by atoms with Crippen molar-refractivity contribution in [3.63, 3.8) is 0 Å². The fourth-order valence-electron chi connectivity index (χ4n) is 1.13. The van der Waals surface area contributed by atoms with Gasteiger partial charge < -0.3 is 9.47 Å². The Kier molecular flexibility index (Phi) is 5.63. The van der Waals surface area contributed by atoms with Crippen molar-refractivity contribution >= 4 is 17.7 Å². The first-order valence-electron chi connectivity index (χ1n) is 5.29. The lowest BCUT2D eigenvalue weighted by atomic mass is 10.3. The highest BCUT2D eigenvalue weighted by Gasteiger charge is 2.08. The molecule has 0 saturated carbocycles. The van der Waals surface area contributed by atoms with E-state index in [9.17, 15) is 4.79 Å². The molecule has 0 aromatic heterocycles. The molecule has 0 radical (unpaired) electrons. The molecule has 0 atom stereocenters. The summed E-state index contributed by atoms with van der Waals surface area (Å²) in [5, 5.41) is 0. The van der Waals surface area contributed by atoms with E-state index in [1.54, 1.807) is 18.7 Å². The maximum absolute atomic E-state index is 11.3. The maximum atomic E-state index is 11.3. The molecule has 3 nitrogen and oxygen atoms in total. The van der Waals surface area contributed by atoms with Crippen molar-refractivity contribution in [2.75, 3.05) is 19.5 Å². The summed E-state index contributed by atoms with van der Waals surface area (Å²) in [5.41, 5.74) is 0.320. The van der Waals surface area contributed by atoms with Gasteiger partial charge in [0.1, 0.15) is 12.4 Å². The first-order valence-corrected chi connectivity index (χ1v) is 6.51. The predicted molar refractivity (Wildman–Crippen MR) is 69.5 cm³/mol. The van der Waals surface area contributed by atoms with Crippen LogP contribution in [0, 0.1) is 0 Å². The van der Waals surface area contributed by atoms with Crippen LogP contribution in [-0.4, -0.2) is 25.4 Å². The standard InChI is InChI=1S/C13H16O3S/c1-4-15-13(14)10(2)9-16-11-5-7-12(17-3)8-6-11/h5-8H,2,4,9H2,1,3H3. The van der Waals surface area contributed by atoms with Crippen LogP contribution in [0.25, 0.3) is 0 Å². The predicted octanol–water partition coefficient (Wildman–Crippen LogP) is 2.91. The van der Waals surface area contributed by atoms with E-state index in [1.165, 1.54) is 4.90 Å². The zero-order chi connectivity index (χ0) is 12.7. The highest BCUT2D eigenvalue weighted by molar-refractivity contribution is 7.98. The van der Waals surface area contributed by atoms with Crippen LogP contribution in [0.2, 0.25) is 0 Å². The number of carbonyl (C=O) groups is 1. The van der Waals surface area contributed by atoms with E-state index >= 15 is 0 Å². The average Bonchev–Trinajstić information content (AvgIpc) is 2.36. The largest absolute Gasteiger partial charge is 0.489 e. The highest BCUT2D eigenvalue weighted by atomic mass is 32.2. The molecular formula is C13H16O3S. The van der Waals surface area contributed by atoms with E-state index in [0.717, 1.165) is 0 Å². The molecule has 0 heterocycles. The zero-order valence-electron chi connectivity index (χ0n) is 10.1. The number of rotatable bonds is 6. The molecule has 1 aromatic rings.